The maximum Gasteiger partial charge on any atom is 0.271 e. The largest absolute Gasteiger partial charge is 0.338 e. The highest BCUT2D eigenvalue weighted by molar-refractivity contribution is 7.89. The number of hydrogen-bond donors (Lipinski definition) is 3. The van der Waals surface area contributed by atoms with E-state index < -0.39 is 10.0 Å². The lowest BCUT2D eigenvalue weighted by Gasteiger charge is -2.24. The minimum Gasteiger partial charge on any atom is -0.338 e. The molecule has 12 heteroatoms. The number of benzene rings is 1. The van der Waals surface area contributed by atoms with Crippen LogP contribution in [0.1, 0.15) is 11.3 Å². The number of rotatable bonds is 6. The quantitative estimate of drug-likeness (QED) is 0.482. The maximum atomic E-state index is 12.7. The number of aromatic nitrogens is 3. The molecule has 10 nitrogen and oxygen atoms in total. The van der Waals surface area contributed by atoms with Crippen LogP contribution in [-0.2, 0) is 23.0 Å². The normalized spacial score (nSPS) is 14.2. The van der Waals surface area contributed by atoms with Crippen LogP contribution in [0.25, 0.3) is 0 Å². The fraction of sp³-hybridized carbons (Fsp3) is 0.286. The fourth-order valence-electron chi connectivity index (χ4n) is 3.50. The molecule has 174 valence electrons. The molecular formula is C21H24ClN7O3S. The summed E-state index contributed by atoms with van der Waals surface area (Å²) in [7, 11) is 1.24. The van der Waals surface area contributed by atoms with Gasteiger partial charge in [-0.2, -0.15) is 4.98 Å². The van der Waals surface area contributed by atoms with Gasteiger partial charge < -0.3 is 20.5 Å². The molecule has 1 aromatic carbocycles. The van der Waals surface area contributed by atoms with Crippen LogP contribution in [-0.4, -0.2) is 60.3 Å². The van der Waals surface area contributed by atoms with Gasteiger partial charge in [-0.3, -0.25) is 4.79 Å². The predicted molar refractivity (Wildman–Crippen MR) is 128 cm³/mol. The van der Waals surface area contributed by atoms with Gasteiger partial charge in [0.15, 0.2) is 5.82 Å². The first-order chi connectivity index (χ1) is 15.6. The van der Waals surface area contributed by atoms with Gasteiger partial charge in [0, 0.05) is 39.3 Å². The Hall–Kier alpha value is -2.99. The Morgan fingerprint density at radius 2 is 1.94 bits per heavy atom. The first kappa shape index (κ1) is 23.2. The number of sulfonamides is 1. The zero-order valence-corrected chi connectivity index (χ0v) is 20.0. The molecule has 0 spiro atoms. The second-order valence-electron chi connectivity index (χ2n) is 7.93. The standard InChI is InChI=1S/C21H24ClN7O3S/c1-28(2)33(31,32)18-7-5-4-6-16(18)24-19-14(22)11-23-21(27-19)26-17-10-13-12-29(3)9-8-15(13)25-20(17)30/h4-7,10-11H,8-9,12H2,1-3H3,(H,25,30)(H2,23,24,26,27). The molecule has 33 heavy (non-hydrogen) atoms. The lowest BCUT2D eigenvalue weighted by Crippen LogP contribution is -2.29. The highest BCUT2D eigenvalue weighted by Crippen LogP contribution is 2.29. The fourth-order valence-corrected chi connectivity index (χ4v) is 4.67. The zero-order chi connectivity index (χ0) is 23.8. The zero-order valence-electron chi connectivity index (χ0n) is 18.4. The summed E-state index contributed by atoms with van der Waals surface area (Å²) < 4.78 is 26.5. The first-order valence-electron chi connectivity index (χ1n) is 10.2. The number of para-hydroxylation sites is 1. The van der Waals surface area contributed by atoms with Crippen molar-refractivity contribution in [1.82, 2.24) is 24.2 Å². The summed E-state index contributed by atoms with van der Waals surface area (Å²) >= 11 is 6.27. The van der Waals surface area contributed by atoms with Crippen LogP contribution in [0, 0.1) is 0 Å². The molecule has 0 bridgehead atoms. The van der Waals surface area contributed by atoms with Gasteiger partial charge in [0.1, 0.15) is 15.6 Å². The number of fused-ring (bicyclic) bond motifs is 1. The number of hydrogen-bond acceptors (Lipinski definition) is 8. The Labute approximate surface area is 196 Å². The second-order valence-corrected chi connectivity index (χ2v) is 10.5. The number of anilines is 4. The molecule has 0 radical (unpaired) electrons. The number of nitrogens with one attached hydrogen (secondary N) is 3. The van der Waals surface area contributed by atoms with E-state index in [1.54, 1.807) is 24.3 Å². The van der Waals surface area contributed by atoms with E-state index in [-0.39, 0.29) is 27.2 Å². The van der Waals surface area contributed by atoms with Gasteiger partial charge in [-0.1, -0.05) is 23.7 Å². The Bertz CT molecular complexity index is 1360. The van der Waals surface area contributed by atoms with Crippen molar-refractivity contribution in [3.05, 3.63) is 63.2 Å². The number of likely N-dealkylation sites (N-methyl/N-ethyl adjacent to an activating group) is 1. The topological polar surface area (TPSA) is 123 Å². The van der Waals surface area contributed by atoms with E-state index in [1.165, 1.54) is 26.4 Å². The minimum atomic E-state index is -3.70. The lowest BCUT2D eigenvalue weighted by atomic mass is 10.1. The molecule has 1 aliphatic heterocycles. The van der Waals surface area contributed by atoms with Gasteiger partial charge in [0.25, 0.3) is 5.56 Å². The van der Waals surface area contributed by atoms with Crippen LogP contribution in [0.15, 0.2) is 46.2 Å². The summed E-state index contributed by atoms with van der Waals surface area (Å²) in [6, 6.07) is 8.25. The summed E-state index contributed by atoms with van der Waals surface area (Å²) in [5.74, 6) is 0.342. The molecule has 3 N–H and O–H groups in total. The molecule has 1 aliphatic rings. The Kier molecular flexibility index (Phi) is 6.39. The van der Waals surface area contributed by atoms with E-state index >= 15 is 0 Å². The van der Waals surface area contributed by atoms with Gasteiger partial charge in [-0.05, 0) is 30.8 Å². The first-order valence-corrected chi connectivity index (χ1v) is 12.0. The Balaban J connectivity index is 1.65. The molecule has 0 fully saturated rings. The Morgan fingerprint density at radius 3 is 2.70 bits per heavy atom. The number of H-pyrrole nitrogens is 1. The number of halogens is 1. The van der Waals surface area contributed by atoms with Gasteiger partial charge in [-0.25, -0.2) is 17.7 Å². The second kappa shape index (κ2) is 9.10. The van der Waals surface area contributed by atoms with E-state index in [0.717, 1.165) is 35.1 Å². The highest BCUT2D eigenvalue weighted by atomic mass is 35.5. The number of aromatic amines is 1. The van der Waals surface area contributed by atoms with Crippen LogP contribution < -0.4 is 16.2 Å². The SMILES string of the molecule is CN1CCc2[nH]c(=O)c(Nc3ncc(Cl)c(Nc4ccccc4S(=O)(=O)N(C)C)n3)cc2C1. The van der Waals surface area contributed by atoms with Crippen molar-refractivity contribution in [2.45, 2.75) is 17.9 Å². The number of pyridine rings is 1. The van der Waals surface area contributed by atoms with E-state index in [1.807, 2.05) is 7.05 Å². The summed E-state index contributed by atoms with van der Waals surface area (Å²) in [5.41, 5.74) is 2.32. The van der Waals surface area contributed by atoms with Gasteiger partial charge >= 0.3 is 0 Å². The summed E-state index contributed by atoms with van der Waals surface area (Å²) in [4.78, 5) is 26.2. The molecule has 0 aliphatic carbocycles. The third kappa shape index (κ3) is 4.86. The molecule has 0 unspecified atom stereocenters. The number of nitrogens with zero attached hydrogens (tertiary/aromatic N) is 4. The average molecular weight is 490 g/mol. The molecule has 2 aromatic heterocycles. The summed E-state index contributed by atoms with van der Waals surface area (Å²) in [5, 5.41) is 6.11. The lowest BCUT2D eigenvalue weighted by molar-refractivity contribution is 0.310. The molecule has 0 atom stereocenters. The monoisotopic (exact) mass is 489 g/mol. The third-order valence-electron chi connectivity index (χ3n) is 5.29. The van der Waals surface area contributed by atoms with Crippen molar-refractivity contribution in [2.24, 2.45) is 0 Å². The van der Waals surface area contributed by atoms with Crippen LogP contribution in [0.2, 0.25) is 5.02 Å². The van der Waals surface area contributed by atoms with Gasteiger partial charge in [0.05, 0.1) is 11.9 Å². The molecule has 3 heterocycles. The average Bonchev–Trinajstić information content (AvgIpc) is 2.77. The smallest absolute Gasteiger partial charge is 0.271 e. The van der Waals surface area contributed by atoms with Crippen molar-refractivity contribution < 1.29 is 8.42 Å². The van der Waals surface area contributed by atoms with Crippen molar-refractivity contribution in [3.8, 4) is 0 Å². The third-order valence-corrected chi connectivity index (χ3v) is 7.44. The summed E-state index contributed by atoms with van der Waals surface area (Å²) in [6.45, 7) is 1.61. The van der Waals surface area contributed by atoms with Crippen LogP contribution in [0.5, 0.6) is 0 Å². The van der Waals surface area contributed by atoms with Crippen LogP contribution in [0.4, 0.5) is 23.1 Å². The van der Waals surface area contributed by atoms with Gasteiger partial charge in [0.2, 0.25) is 16.0 Å². The predicted octanol–water partition coefficient (Wildman–Crippen LogP) is 2.54. The van der Waals surface area contributed by atoms with E-state index in [4.69, 9.17) is 11.6 Å². The van der Waals surface area contributed by atoms with E-state index in [0.29, 0.717) is 11.4 Å². The maximum absolute atomic E-state index is 12.7. The molecule has 0 saturated carbocycles. The van der Waals surface area contributed by atoms with Crippen LogP contribution >= 0.6 is 11.6 Å². The Morgan fingerprint density at radius 1 is 1.18 bits per heavy atom. The molecular weight excluding hydrogens is 466 g/mol. The summed E-state index contributed by atoms with van der Waals surface area (Å²) in [6.07, 6.45) is 2.16. The highest BCUT2D eigenvalue weighted by Gasteiger charge is 2.22. The minimum absolute atomic E-state index is 0.0782. The molecule has 3 aromatic rings. The van der Waals surface area contributed by atoms with Crippen molar-refractivity contribution in [3.63, 3.8) is 0 Å². The molecule has 0 amide bonds. The molecule has 0 saturated heterocycles. The van der Waals surface area contributed by atoms with Crippen molar-refractivity contribution in [2.75, 3.05) is 38.3 Å². The van der Waals surface area contributed by atoms with Gasteiger partial charge in [-0.15, -0.1) is 0 Å². The van der Waals surface area contributed by atoms with E-state index in [2.05, 4.69) is 30.5 Å². The van der Waals surface area contributed by atoms with Crippen LogP contribution in [0.3, 0.4) is 0 Å². The van der Waals surface area contributed by atoms with Crippen molar-refractivity contribution in [1.29, 1.82) is 0 Å². The molecule has 4 rings (SSSR count). The van der Waals surface area contributed by atoms with Crippen molar-refractivity contribution >= 4 is 44.8 Å². The van der Waals surface area contributed by atoms with E-state index in [9.17, 15) is 13.2 Å².